The van der Waals surface area contributed by atoms with Crippen LogP contribution in [0.2, 0.25) is 0 Å². The highest BCUT2D eigenvalue weighted by Gasteiger charge is 2.01. The number of sulfonamides is 1. The van der Waals surface area contributed by atoms with E-state index in [4.69, 9.17) is 0 Å². The van der Waals surface area contributed by atoms with Crippen molar-refractivity contribution in [2.75, 3.05) is 23.5 Å². The molecule has 0 amide bonds. The van der Waals surface area contributed by atoms with Crippen LogP contribution in [0.25, 0.3) is 0 Å². The first-order chi connectivity index (χ1) is 6.38. The van der Waals surface area contributed by atoms with Crippen molar-refractivity contribution in [3.05, 3.63) is 24.3 Å². The Balaban J connectivity index is 2.84. The van der Waals surface area contributed by atoms with Crippen LogP contribution >= 0.6 is 10.9 Å². The predicted octanol–water partition coefficient (Wildman–Crippen LogP) is 1.68. The van der Waals surface area contributed by atoms with Gasteiger partial charge in [0.05, 0.1) is 6.26 Å². The van der Waals surface area contributed by atoms with Crippen molar-refractivity contribution in [1.82, 2.24) is 0 Å². The molecule has 0 unspecified atom stereocenters. The Hall–Kier alpha value is -0.680. The maximum Gasteiger partial charge on any atom is 0.229 e. The van der Waals surface area contributed by atoms with E-state index < -0.39 is 10.0 Å². The summed E-state index contributed by atoms with van der Waals surface area (Å²) in [6, 6.07) is 7.50. The second kappa shape index (κ2) is 4.23. The average molecular weight is 233 g/mol. The van der Waals surface area contributed by atoms with Gasteiger partial charge in [-0.15, -0.1) is 0 Å². The number of hydrogen-bond donors (Lipinski definition) is 2. The molecule has 0 aliphatic rings. The zero-order valence-corrected chi connectivity index (χ0v) is 10.2. The zero-order valence-electron chi connectivity index (χ0n) is 8.48. The fourth-order valence-corrected chi connectivity index (χ4v) is 2.35. The Morgan fingerprint density at radius 1 is 1.14 bits per heavy atom. The molecule has 80 valence electrons. The molecule has 1 aromatic carbocycles. The molecule has 0 heterocycles. The van der Waals surface area contributed by atoms with Crippen molar-refractivity contribution in [2.24, 2.45) is 0 Å². The molecule has 0 atom stereocenters. The van der Waals surface area contributed by atoms with Gasteiger partial charge in [0.2, 0.25) is 10.0 Å². The molecule has 1 N–H and O–H groups in total. The van der Waals surface area contributed by atoms with E-state index in [1.807, 2.05) is 12.1 Å². The highest BCUT2D eigenvalue weighted by atomic mass is 32.2. The first-order valence-electron chi connectivity index (χ1n) is 4.14. The maximum absolute atomic E-state index is 10.9. The number of anilines is 1. The van der Waals surface area contributed by atoms with Gasteiger partial charge in [-0.2, -0.15) is 0 Å². The third-order valence-electron chi connectivity index (χ3n) is 1.69. The molecule has 14 heavy (non-hydrogen) atoms. The van der Waals surface area contributed by atoms with E-state index in [2.05, 4.69) is 17.2 Å². The van der Waals surface area contributed by atoms with Crippen molar-refractivity contribution in [1.29, 1.82) is 0 Å². The highest BCUT2D eigenvalue weighted by molar-refractivity contribution is 8.15. The van der Waals surface area contributed by atoms with Gasteiger partial charge in [-0.25, -0.2) is 19.3 Å². The standard InChI is InChI=1S/C9H15NO2S2/c1-13(2)9-6-4-8(5-7-9)10-14(3,11)12/h4-7,10,13H,1-3H3. The van der Waals surface area contributed by atoms with Gasteiger partial charge >= 0.3 is 0 Å². The fraction of sp³-hybridized carbons (Fsp3) is 0.333. The molecule has 3 nitrogen and oxygen atoms in total. The van der Waals surface area contributed by atoms with Crippen molar-refractivity contribution >= 4 is 26.6 Å². The van der Waals surface area contributed by atoms with Gasteiger partial charge in [-0.1, -0.05) is 0 Å². The van der Waals surface area contributed by atoms with Crippen molar-refractivity contribution in [2.45, 2.75) is 4.90 Å². The average Bonchev–Trinajstić information content (AvgIpc) is 2.02. The fourth-order valence-electron chi connectivity index (χ4n) is 1.04. The van der Waals surface area contributed by atoms with E-state index >= 15 is 0 Å². The van der Waals surface area contributed by atoms with Crippen LogP contribution in [0.4, 0.5) is 5.69 Å². The largest absolute Gasteiger partial charge is 0.284 e. The lowest BCUT2D eigenvalue weighted by molar-refractivity contribution is 0.607. The van der Waals surface area contributed by atoms with E-state index in [9.17, 15) is 8.42 Å². The number of rotatable bonds is 3. The summed E-state index contributed by atoms with van der Waals surface area (Å²) in [6.07, 6.45) is 5.47. The number of benzene rings is 1. The molecule has 0 aliphatic heterocycles. The SMILES string of the molecule is C[SH](C)c1ccc(NS(C)(=O)=O)cc1. The minimum absolute atomic E-state index is 0.118. The van der Waals surface area contributed by atoms with Crippen molar-refractivity contribution in [3.8, 4) is 0 Å². The van der Waals surface area contributed by atoms with Crippen LogP contribution in [-0.2, 0) is 10.0 Å². The van der Waals surface area contributed by atoms with Gasteiger partial charge in [0.25, 0.3) is 0 Å². The quantitative estimate of drug-likeness (QED) is 0.780. The molecule has 0 aromatic heterocycles. The second-order valence-electron chi connectivity index (χ2n) is 3.32. The first kappa shape index (κ1) is 11.4. The van der Waals surface area contributed by atoms with Gasteiger partial charge in [0.1, 0.15) is 0 Å². The van der Waals surface area contributed by atoms with Gasteiger partial charge in [0.15, 0.2) is 0 Å². The van der Waals surface area contributed by atoms with Crippen LogP contribution in [0.5, 0.6) is 0 Å². The zero-order chi connectivity index (χ0) is 10.8. The topological polar surface area (TPSA) is 46.2 Å². The minimum atomic E-state index is -3.15. The molecule has 1 rings (SSSR count). The molecule has 0 radical (unpaired) electrons. The number of nitrogens with one attached hydrogen (secondary N) is 1. The van der Waals surface area contributed by atoms with Crippen LogP contribution in [0.3, 0.4) is 0 Å². The molecular formula is C9H15NO2S2. The summed E-state index contributed by atoms with van der Waals surface area (Å²) in [5, 5.41) is 0. The summed E-state index contributed by atoms with van der Waals surface area (Å²) >= 11 is 0. The molecule has 0 fully saturated rings. The van der Waals surface area contributed by atoms with Gasteiger partial charge in [0, 0.05) is 5.69 Å². The first-order valence-corrected chi connectivity index (χ1v) is 8.26. The normalized spacial score (nSPS) is 12.4. The monoisotopic (exact) mass is 233 g/mol. The lowest BCUT2D eigenvalue weighted by Crippen LogP contribution is -2.09. The van der Waals surface area contributed by atoms with E-state index in [1.165, 1.54) is 4.90 Å². The van der Waals surface area contributed by atoms with E-state index in [0.29, 0.717) is 5.69 Å². The molecule has 0 aliphatic carbocycles. The van der Waals surface area contributed by atoms with Crippen LogP contribution in [0.15, 0.2) is 29.2 Å². The summed E-state index contributed by atoms with van der Waals surface area (Å²) < 4.78 is 24.3. The van der Waals surface area contributed by atoms with Crippen LogP contribution < -0.4 is 4.72 Å². The molecule has 0 saturated heterocycles. The molecule has 1 aromatic rings. The van der Waals surface area contributed by atoms with Gasteiger partial charge in [-0.3, -0.25) is 4.72 Å². The van der Waals surface area contributed by atoms with Crippen molar-refractivity contribution < 1.29 is 8.42 Å². The Morgan fingerprint density at radius 3 is 2.00 bits per heavy atom. The van der Waals surface area contributed by atoms with Crippen LogP contribution in [-0.4, -0.2) is 27.2 Å². The third-order valence-corrected chi connectivity index (χ3v) is 3.62. The summed E-state index contributed by atoms with van der Waals surface area (Å²) in [7, 11) is -3.27. The van der Waals surface area contributed by atoms with Gasteiger partial charge in [-0.05, 0) is 41.7 Å². The summed E-state index contributed by atoms with van der Waals surface area (Å²) in [4.78, 5) is 1.26. The van der Waals surface area contributed by atoms with E-state index in [0.717, 1.165) is 6.26 Å². The summed E-state index contributed by atoms with van der Waals surface area (Å²) in [6.45, 7) is 0. The lowest BCUT2D eigenvalue weighted by atomic mass is 10.3. The van der Waals surface area contributed by atoms with E-state index in [1.54, 1.807) is 12.1 Å². The predicted molar refractivity (Wildman–Crippen MR) is 64.0 cm³/mol. The third kappa shape index (κ3) is 3.59. The molecule has 0 bridgehead atoms. The Labute approximate surface area is 87.9 Å². The Bertz CT molecular complexity index is 395. The minimum Gasteiger partial charge on any atom is -0.284 e. The molecule has 0 spiro atoms. The second-order valence-corrected chi connectivity index (χ2v) is 7.37. The smallest absolute Gasteiger partial charge is 0.229 e. The van der Waals surface area contributed by atoms with E-state index in [-0.39, 0.29) is 10.9 Å². The van der Waals surface area contributed by atoms with Gasteiger partial charge < -0.3 is 0 Å². The number of hydrogen-bond acceptors (Lipinski definition) is 2. The Morgan fingerprint density at radius 2 is 1.64 bits per heavy atom. The lowest BCUT2D eigenvalue weighted by Gasteiger charge is -2.10. The van der Waals surface area contributed by atoms with Crippen LogP contribution in [0, 0.1) is 0 Å². The number of thiol groups is 1. The summed E-state index contributed by atoms with van der Waals surface area (Å²) in [5.41, 5.74) is 0.619. The molecular weight excluding hydrogens is 218 g/mol. The molecule has 5 heteroatoms. The summed E-state index contributed by atoms with van der Waals surface area (Å²) in [5.74, 6) is 0. The Kier molecular flexibility index (Phi) is 3.44. The van der Waals surface area contributed by atoms with Crippen LogP contribution in [0.1, 0.15) is 0 Å². The highest BCUT2D eigenvalue weighted by Crippen LogP contribution is 2.28. The van der Waals surface area contributed by atoms with Crippen molar-refractivity contribution in [3.63, 3.8) is 0 Å². The molecule has 0 saturated carbocycles. The maximum atomic E-state index is 10.9.